The Morgan fingerprint density at radius 3 is 1.38 bits per heavy atom. The second kappa shape index (κ2) is 20.7. The number of carbonyl (C=O) groups excluding carboxylic acids is 1. The summed E-state index contributed by atoms with van der Waals surface area (Å²) >= 11 is 23.6. The van der Waals surface area contributed by atoms with E-state index in [1.165, 1.54) is 96.8 Å². The van der Waals surface area contributed by atoms with Crippen LogP contribution in [-0.4, -0.2) is 36.1 Å². The zero-order valence-electron chi connectivity index (χ0n) is 24.4. The molecule has 14 heteroatoms. The molecule has 234 valence electrons. The fraction of sp³-hybridized carbons (Fsp3) is 0.607. The molecule has 0 aromatic carbocycles. The van der Waals surface area contributed by atoms with Gasteiger partial charge in [-0.3, -0.25) is 4.79 Å². The zero-order chi connectivity index (χ0) is 29.7. The lowest BCUT2D eigenvalue weighted by Gasteiger charge is -2.07. The molecular formula is C28H38O2S12. The van der Waals surface area contributed by atoms with Crippen molar-refractivity contribution < 1.29 is 9.53 Å². The van der Waals surface area contributed by atoms with Crippen molar-refractivity contribution >= 4 is 147 Å². The molecule has 2 nitrogen and oxygen atoms in total. The Labute approximate surface area is 304 Å². The summed E-state index contributed by atoms with van der Waals surface area (Å²) in [4.78, 5) is 11.8. The van der Waals surface area contributed by atoms with Crippen molar-refractivity contribution in [3.05, 3.63) is 42.4 Å². The molecule has 0 spiro atoms. The minimum absolute atomic E-state index is 0.101. The van der Waals surface area contributed by atoms with Gasteiger partial charge in [-0.2, -0.15) is 0 Å². The number of unbranched alkanes of at least 4 members (excludes halogenated alkanes) is 6. The largest absolute Gasteiger partial charge is 0.466 e. The van der Waals surface area contributed by atoms with Crippen molar-refractivity contribution in [3.8, 4) is 0 Å². The molecule has 0 aliphatic carbocycles. The SMILES string of the molecule is CCCCCCSC1=C(SCCCCCC)SC(=C2SC3=C(SC(=C4SC(SC)=C(SCCC(=O)OCC)S4)S3)S2)S1. The molecule has 4 aliphatic heterocycles. The van der Waals surface area contributed by atoms with Gasteiger partial charge >= 0.3 is 5.97 Å². The maximum Gasteiger partial charge on any atom is 0.306 e. The Balaban J connectivity index is 1.30. The van der Waals surface area contributed by atoms with Gasteiger partial charge < -0.3 is 4.74 Å². The summed E-state index contributed by atoms with van der Waals surface area (Å²) in [5.41, 5.74) is 0. The van der Waals surface area contributed by atoms with E-state index in [-0.39, 0.29) is 5.97 Å². The zero-order valence-corrected chi connectivity index (χ0v) is 34.2. The Hall–Kier alpha value is 2.37. The molecule has 4 aliphatic rings. The molecule has 4 rings (SSSR count). The van der Waals surface area contributed by atoms with Crippen LogP contribution >= 0.6 is 141 Å². The Kier molecular flexibility index (Phi) is 18.3. The third-order valence-corrected chi connectivity index (χ3v) is 23.6. The van der Waals surface area contributed by atoms with Gasteiger partial charge in [-0.25, -0.2) is 0 Å². The van der Waals surface area contributed by atoms with Crippen LogP contribution in [0.1, 0.15) is 78.6 Å². The van der Waals surface area contributed by atoms with Crippen molar-refractivity contribution in [1.29, 1.82) is 0 Å². The third kappa shape index (κ3) is 11.5. The summed E-state index contributed by atoms with van der Waals surface area (Å²) < 4.78 is 19.6. The molecule has 0 radical (unpaired) electrons. The Morgan fingerprint density at radius 2 is 0.952 bits per heavy atom. The molecule has 0 bridgehead atoms. The van der Waals surface area contributed by atoms with Gasteiger partial charge in [0.1, 0.15) is 0 Å². The average Bonchev–Trinajstić information content (AvgIpc) is 3.75. The second-order valence-electron chi connectivity index (χ2n) is 9.12. The summed E-state index contributed by atoms with van der Waals surface area (Å²) in [6.45, 7) is 6.90. The maximum absolute atomic E-state index is 11.8. The topological polar surface area (TPSA) is 26.3 Å². The van der Waals surface area contributed by atoms with Crippen molar-refractivity contribution in [2.75, 3.05) is 30.1 Å². The highest BCUT2D eigenvalue weighted by Crippen LogP contribution is 2.73. The quantitative estimate of drug-likeness (QED) is 0.0973. The van der Waals surface area contributed by atoms with E-state index in [1.807, 2.05) is 113 Å². The molecule has 0 aromatic heterocycles. The number of rotatable bonds is 18. The first-order valence-electron chi connectivity index (χ1n) is 14.3. The van der Waals surface area contributed by atoms with Crippen LogP contribution in [0.25, 0.3) is 0 Å². The molecule has 0 saturated carbocycles. The van der Waals surface area contributed by atoms with Gasteiger partial charge in [0.25, 0.3) is 0 Å². The maximum atomic E-state index is 11.8. The third-order valence-electron chi connectivity index (χ3n) is 5.81. The van der Waals surface area contributed by atoms with Crippen LogP contribution in [0.2, 0.25) is 0 Å². The first-order valence-corrected chi connectivity index (χ1v) is 25.0. The highest BCUT2D eigenvalue weighted by atomic mass is 32.3. The standard InChI is InChI=1S/C28H38O2S12/c1-5-8-10-12-15-32-21-22(33-16-13-11-9-6-2)38-24(37-21)26-41-27-28(42-26)40-25(39-27)23-35-19(31-4)20(36-23)34-17-14-18(29)30-7-3/h5-17H2,1-4H3. The monoisotopic (exact) mass is 790 g/mol. The Morgan fingerprint density at radius 1 is 0.548 bits per heavy atom. The van der Waals surface area contributed by atoms with E-state index >= 15 is 0 Å². The van der Waals surface area contributed by atoms with Crippen molar-refractivity contribution in [2.24, 2.45) is 0 Å². The van der Waals surface area contributed by atoms with Gasteiger partial charge in [-0.15, -0.1) is 47.0 Å². The van der Waals surface area contributed by atoms with E-state index in [0.717, 1.165) is 5.75 Å². The van der Waals surface area contributed by atoms with Crippen LogP contribution in [0.3, 0.4) is 0 Å². The number of ether oxygens (including phenoxy) is 1. The van der Waals surface area contributed by atoms with E-state index in [0.29, 0.717) is 13.0 Å². The summed E-state index contributed by atoms with van der Waals surface area (Å²) in [5.74, 6) is 3.16. The summed E-state index contributed by atoms with van der Waals surface area (Å²) in [6, 6.07) is 0. The fourth-order valence-electron chi connectivity index (χ4n) is 3.70. The number of thioether (sulfide) groups is 12. The van der Waals surface area contributed by atoms with Gasteiger partial charge in [0.15, 0.2) is 0 Å². The number of hydrogen-bond donors (Lipinski definition) is 0. The van der Waals surface area contributed by atoms with Gasteiger partial charge in [-0.1, -0.05) is 146 Å². The number of carbonyl (C=O) groups is 1. The smallest absolute Gasteiger partial charge is 0.306 e. The summed E-state index contributed by atoms with van der Waals surface area (Å²) in [7, 11) is 0. The first-order chi connectivity index (χ1) is 20.6. The molecule has 0 unspecified atom stereocenters. The van der Waals surface area contributed by atoms with Gasteiger partial charge in [0.05, 0.1) is 55.4 Å². The number of hydrogen-bond acceptors (Lipinski definition) is 14. The molecule has 0 saturated heterocycles. The van der Waals surface area contributed by atoms with Crippen LogP contribution in [-0.2, 0) is 9.53 Å². The molecule has 0 atom stereocenters. The highest BCUT2D eigenvalue weighted by molar-refractivity contribution is 8.51. The highest BCUT2D eigenvalue weighted by Gasteiger charge is 2.37. The lowest BCUT2D eigenvalue weighted by molar-refractivity contribution is -0.142. The van der Waals surface area contributed by atoms with Crippen molar-refractivity contribution in [2.45, 2.75) is 78.6 Å². The van der Waals surface area contributed by atoms with E-state index in [4.69, 9.17) is 4.74 Å². The van der Waals surface area contributed by atoms with E-state index in [2.05, 4.69) is 43.6 Å². The first kappa shape index (κ1) is 37.2. The molecule has 0 amide bonds. The minimum atomic E-state index is -0.101. The van der Waals surface area contributed by atoms with Crippen molar-refractivity contribution in [1.82, 2.24) is 0 Å². The predicted molar refractivity (Wildman–Crippen MR) is 216 cm³/mol. The van der Waals surface area contributed by atoms with Gasteiger partial charge in [0, 0.05) is 5.75 Å². The molecule has 0 N–H and O–H groups in total. The average molecular weight is 791 g/mol. The molecule has 0 aromatic rings. The van der Waals surface area contributed by atoms with Crippen LogP contribution in [0.15, 0.2) is 42.4 Å². The van der Waals surface area contributed by atoms with E-state index in [1.54, 1.807) is 20.2 Å². The summed E-state index contributed by atoms with van der Waals surface area (Å²) in [5, 5.41) is 0. The van der Waals surface area contributed by atoms with E-state index in [9.17, 15) is 4.79 Å². The lowest BCUT2D eigenvalue weighted by atomic mass is 10.2. The van der Waals surface area contributed by atoms with E-state index < -0.39 is 0 Å². The fourth-order valence-corrected chi connectivity index (χ4v) is 22.0. The normalized spacial score (nSPS) is 19.0. The van der Waals surface area contributed by atoms with Gasteiger partial charge in [0.2, 0.25) is 0 Å². The summed E-state index contributed by atoms with van der Waals surface area (Å²) in [6.07, 6.45) is 13.3. The van der Waals surface area contributed by atoms with Crippen LogP contribution in [0.5, 0.6) is 0 Å². The van der Waals surface area contributed by atoms with Crippen LogP contribution in [0, 0.1) is 0 Å². The number of esters is 1. The molecular weight excluding hydrogens is 753 g/mol. The molecule has 42 heavy (non-hydrogen) atoms. The predicted octanol–water partition coefficient (Wildman–Crippen LogP) is 14.2. The molecule has 4 heterocycles. The van der Waals surface area contributed by atoms with Gasteiger partial charge in [-0.05, 0) is 37.5 Å². The van der Waals surface area contributed by atoms with Crippen molar-refractivity contribution in [3.63, 3.8) is 0 Å². The second-order valence-corrected chi connectivity index (χ2v) is 24.0. The lowest BCUT2D eigenvalue weighted by Crippen LogP contribution is -2.04. The van der Waals surface area contributed by atoms with Crippen LogP contribution in [0.4, 0.5) is 0 Å². The van der Waals surface area contributed by atoms with Crippen LogP contribution < -0.4 is 0 Å². The molecule has 0 fully saturated rings. The minimum Gasteiger partial charge on any atom is -0.466 e. The Bertz CT molecular complexity index is 1070.